The number of methoxy groups -OCH3 is 1. The summed E-state index contributed by atoms with van der Waals surface area (Å²) in [6.45, 7) is 6.61. The number of ether oxygens (including phenoxy) is 1. The van der Waals surface area contributed by atoms with Crippen LogP contribution >= 0.6 is 0 Å². The SMILES string of the molecule is COc1ccc(CN2CCN(C3CCN(C(C)=O)CC3)C[C@@H]2CCO)c(F)c1. The second-order valence-electron chi connectivity index (χ2n) is 7.83. The number of piperazine rings is 1. The molecular formula is C21H32FN3O3. The fourth-order valence-electron chi connectivity index (χ4n) is 4.43. The lowest BCUT2D eigenvalue weighted by Crippen LogP contribution is -2.57. The predicted octanol–water partition coefficient (Wildman–Crippen LogP) is 1.71. The third-order valence-corrected chi connectivity index (χ3v) is 6.16. The zero-order valence-electron chi connectivity index (χ0n) is 16.9. The molecule has 0 saturated carbocycles. The predicted molar refractivity (Wildman–Crippen MR) is 106 cm³/mol. The van der Waals surface area contributed by atoms with Gasteiger partial charge in [0.05, 0.1) is 7.11 Å². The number of carbonyl (C=O) groups excluding carboxylic acids is 1. The van der Waals surface area contributed by atoms with E-state index in [-0.39, 0.29) is 24.4 Å². The Morgan fingerprint density at radius 2 is 2.00 bits per heavy atom. The summed E-state index contributed by atoms with van der Waals surface area (Å²) in [5, 5.41) is 9.54. The molecule has 0 aliphatic carbocycles. The van der Waals surface area contributed by atoms with Crippen LogP contribution in [0.4, 0.5) is 4.39 Å². The average Bonchev–Trinajstić information content (AvgIpc) is 2.71. The summed E-state index contributed by atoms with van der Waals surface area (Å²) in [7, 11) is 1.53. The molecule has 2 aliphatic heterocycles. The van der Waals surface area contributed by atoms with Gasteiger partial charge in [-0.15, -0.1) is 0 Å². The van der Waals surface area contributed by atoms with Gasteiger partial charge < -0.3 is 14.7 Å². The Bertz CT molecular complexity index is 664. The van der Waals surface area contributed by atoms with E-state index < -0.39 is 0 Å². The minimum Gasteiger partial charge on any atom is -0.497 e. The number of hydrogen-bond acceptors (Lipinski definition) is 5. The molecule has 2 heterocycles. The number of hydrogen-bond donors (Lipinski definition) is 1. The van der Waals surface area contributed by atoms with E-state index in [1.54, 1.807) is 19.1 Å². The lowest BCUT2D eigenvalue weighted by atomic mass is 9.99. The molecule has 156 valence electrons. The van der Waals surface area contributed by atoms with Gasteiger partial charge in [0.15, 0.2) is 0 Å². The molecule has 0 bridgehead atoms. The molecule has 6 nitrogen and oxygen atoms in total. The average molecular weight is 394 g/mol. The van der Waals surface area contributed by atoms with E-state index in [2.05, 4.69) is 9.80 Å². The first kappa shape index (κ1) is 21.0. The van der Waals surface area contributed by atoms with Gasteiger partial charge in [-0.25, -0.2) is 4.39 Å². The molecule has 1 N–H and O–H groups in total. The number of rotatable bonds is 6. The van der Waals surface area contributed by atoms with Crippen molar-refractivity contribution in [3.05, 3.63) is 29.6 Å². The molecule has 2 saturated heterocycles. The van der Waals surface area contributed by atoms with Gasteiger partial charge in [-0.05, 0) is 25.3 Å². The summed E-state index contributed by atoms with van der Waals surface area (Å²) in [4.78, 5) is 18.2. The monoisotopic (exact) mass is 393 g/mol. The highest BCUT2D eigenvalue weighted by Crippen LogP contribution is 2.24. The van der Waals surface area contributed by atoms with Crippen molar-refractivity contribution in [3.63, 3.8) is 0 Å². The Balaban J connectivity index is 1.60. The number of amides is 1. The van der Waals surface area contributed by atoms with Crippen molar-refractivity contribution >= 4 is 5.91 Å². The fraction of sp³-hybridized carbons (Fsp3) is 0.667. The third-order valence-electron chi connectivity index (χ3n) is 6.16. The van der Waals surface area contributed by atoms with Crippen molar-refractivity contribution < 1.29 is 19.0 Å². The van der Waals surface area contributed by atoms with Crippen LogP contribution in [0.15, 0.2) is 18.2 Å². The maximum atomic E-state index is 14.4. The quantitative estimate of drug-likeness (QED) is 0.798. The van der Waals surface area contributed by atoms with E-state index in [0.717, 1.165) is 45.6 Å². The number of nitrogens with zero attached hydrogens (tertiary/aromatic N) is 3. The van der Waals surface area contributed by atoms with E-state index in [1.807, 2.05) is 4.90 Å². The van der Waals surface area contributed by atoms with Crippen molar-refractivity contribution in [1.82, 2.24) is 14.7 Å². The van der Waals surface area contributed by atoms with Crippen LogP contribution in [-0.2, 0) is 11.3 Å². The van der Waals surface area contributed by atoms with Gasteiger partial charge in [0, 0.05) is 76.5 Å². The maximum Gasteiger partial charge on any atom is 0.219 e. The molecule has 0 aromatic heterocycles. The molecule has 0 unspecified atom stereocenters. The van der Waals surface area contributed by atoms with Crippen LogP contribution in [0.1, 0.15) is 31.7 Å². The fourth-order valence-corrected chi connectivity index (χ4v) is 4.43. The largest absolute Gasteiger partial charge is 0.497 e. The van der Waals surface area contributed by atoms with Gasteiger partial charge in [0.2, 0.25) is 5.91 Å². The van der Waals surface area contributed by atoms with E-state index in [1.165, 1.54) is 13.2 Å². The number of piperidine rings is 1. The molecule has 3 rings (SSSR count). The summed E-state index contributed by atoms with van der Waals surface area (Å²) in [5.74, 6) is 0.430. The lowest BCUT2D eigenvalue weighted by Gasteiger charge is -2.46. The lowest BCUT2D eigenvalue weighted by molar-refractivity contribution is -0.130. The molecule has 1 amide bonds. The first-order valence-electron chi connectivity index (χ1n) is 10.2. The smallest absolute Gasteiger partial charge is 0.219 e. The first-order valence-corrected chi connectivity index (χ1v) is 10.2. The number of aliphatic hydroxyl groups is 1. The third kappa shape index (κ3) is 5.01. The van der Waals surface area contributed by atoms with Crippen molar-refractivity contribution in [1.29, 1.82) is 0 Å². The van der Waals surface area contributed by atoms with Crippen LogP contribution in [0.5, 0.6) is 5.75 Å². The normalized spacial score (nSPS) is 22.4. The number of benzene rings is 1. The van der Waals surface area contributed by atoms with Gasteiger partial charge in [-0.1, -0.05) is 6.07 Å². The van der Waals surface area contributed by atoms with E-state index in [4.69, 9.17) is 4.74 Å². The second-order valence-corrected chi connectivity index (χ2v) is 7.83. The summed E-state index contributed by atoms with van der Waals surface area (Å²) in [6.07, 6.45) is 2.68. The number of likely N-dealkylation sites (tertiary alicyclic amines) is 1. The molecule has 1 atom stereocenters. The summed E-state index contributed by atoms with van der Waals surface area (Å²) >= 11 is 0. The van der Waals surface area contributed by atoms with Crippen molar-refractivity contribution in [2.75, 3.05) is 46.4 Å². The summed E-state index contributed by atoms with van der Waals surface area (Å²) in [5.41, 5.74) is 0.659. The topological polar surface area (TPSA) is 56.2 Å². The van der Waals surface area contributed by atoms with Gasteiger partial charge >= 0.3 is 0 Å². The zero-order chi connectivity index (χ0) is 20.1. The van der Waals surface area contributed by atoms with E-state index in [0.29, 0.717) is 30.3 Å². The molecule has 28 heavy (non-hydrogen) atoms. The zero-order valence-corrected chi connectivity index (χ0v) is 16.9. The van der Waals surface area contributed by atoms with E-state index >= 15 is 0 Å². The Morgan fingerprint density at radius 1 is 1.25 bits per heavy atom. The molecule has 0 radical (unpaired) electrons. The molecule has 0 spiro atoms. The van der Waals surface area contributed by atoms with Crippen LogP contribution in [0.3, 0.4) is 0 Å². The van der Waals surface area contributed by atoms with Crippen LogP contribution in [0.25, 0.3) is 0 Å². The van der Waals surface area contributed by atoms with E-state index in [9.17, 15) is 14.3 Å². The van der Waals surface area contributed by atoms with Gasteiger partial charge in [-0.2, -0.15) is 0 Å². The van der Waals surface area contributed by atoms with Crippen LogP contribution < -0.4 is 4.74 Å². The highest BCUT2D eigenvalue weighted by molar-refractivity contribution is 5.73. The molecule has 7 heteroatoms. The minimum atomic E-state index is -0.249. The van der Waals surface area contributed by atoms with Gasteiger partial charge in [-0.3, -0.25) is 14.6 Å². The van der Waals surface area contributed by atoms with Crippen molar-refractivity contribution in [3.8, 4) is 5.75 Å². The number of aliphatic hydroxyl groups excluding tert-OH is 1. The van der Waals surface area contributed by atoms with Crippen LogP contribution in [0, 0.1) is 5.82 Å². The number of halogens is 1. The summed E-state index contributed by atoms with van der Waals surface area (Å²) < 4.78 is 19.5. The Hall–Kier alpha value is -1.70. The van der Waals surface area contributed by atoms with Crippen molar-refractivity contribution in [2.45, 2.75) is 44.8 Å². The highest BCUT2D eigenvalue weighted by atomic mass is 19.1. The minimum absolute atomic E-state index is 0.128. The Labute approximate surface area is 166 Å². The Kier molecular flexibility index (Phi) is 7.26. The van der Waals surface area contributed by atoms with Crippen LogP contribution in [-0.4, -0.2) is 84.2 Å². The number of carbonyl (C=O) groups is 1. The molecular weight excluding hydrogens is 361 g/mol. The molecule has 2 aliphatic rings. The summed E-state index contributed by atoms with van der Waals surface area (Å²) in [6, 6.07) is 5.69. The van der Waals surface area contributed by atoms with Gasteiger partial charge in [0.1, 0.15) is 11.6 Å². The van der Waals surface area contributed by atoms with Gasteiger partial charge in [0.25, 0.3) is 0 Å². The Morgan fingerprint density at radius 3 is 2.61 bits per heavy atom. The molecule has 1 aromatic carbocycles. The second kappa shape index (κ2) is 9.67. The maximum absolute atomic E-state index is 14.4. The standard InChI is InChI=1S/C21H32FN3O3/c1-16(27)23-8-5-18(6-9-23)25-11-10-24(19(15-25)7-12-26)14-17-3-4-20(28-2)13-21(17)22/h3-4,13,18-19,26H,5-12,14-15H2,1-2H3/t19-/m0/s1. The molecule has 1 aromatic rings. The van der Waals surface area contributed by atoms with Crippen molar-refractivity contribution in [2.24, 2.45) is 0 Å². The molecule has 2 fully saturated rings. The first-order chi connectivity index (χ1) is 13.5. The highest BCUT2D eigenvalue weighted by Gasteiger charge is 2.32. The van der Waals surface area contributed by atoms with Crippen LogP contribution in [0.2, 0.25) is 0 Å².